The number of ether oxygens (including phenoxy) is 1. The molecule has 0 bridgehead atoms. The Kier molecular flexibility index (Phi) is 3.34. The lowest BCUT2D eigenvalue weighted by Crippen LogP contribution is -2.05. The first-order valence-electron chi connectivity index (χ1n) is 3.93. The maximum absolute atomic E-state index is 10.9. The minimum Gasteiger partial charge on any atom is -0.503 e. The summed E-state index contributed by atoms with van der Waals surface area (Å²) >= 11 is 0. The molecule has 1 aromatic carbocycles. The van der Waals surface area contributed by atoms with E-state index >= 15 is 0 Å². The monoisotopic (exact) mass is 284 g/mol. The zero-order valence-corrected chi connectivity index (χ0v) is 9.99. The SMILES string of the molecule is COc1cc(S(=O)(=O)O)cc(S(=O)(=O)O)c1O. The van der Waals surface area contributed by atoms with Gasteiger partial charge in [-0.2, -0.15) is 16.8 Å². The summed E-state index contributed by atoms with van der Waals surface area (Å²) in [5.74, 6) is -1.48. The van der Waals surface area contributed by atoms with Gasteiger partial charge in [0.1, 0.15) is 4.90 Å². The lowest BCUT2D eigenvalue weighted by atomic mass is 10.3. The quantitative estimate of drug-likeness (QED) is 0.654. The van der Waals surface area contributed by atoms with Crippen molar-refractivity contribution in [3.63, 3.8) is 0 Å². The van der Waals surface area contributed by atoms with E-state index in [1.54, 1.807) is 0 Å². The predicted octanol–water partition coefficient (Wildman–Crippen LogP) is -0.106. The average Bonchev–Trinajstić information content (AvgIpc) is 2.14. The average molecular weight is 284 g/mol. The minimum absolute atomic E-state index is 0.405. The van der Waals surface area contributed by atoms with Crippen molar-refractivity contribution in [3.05, 3.63) is 12.1 Å². The summed E-state index contributed by atoms with van der Waals surface area (Å²) in [6.45, 7) is 0. The standard InChI is InChI=1S/C7H8O8S2/c1-15-5-2-4(16(9,10)11)3-6(7(5)8)17(12,13)14/h2-3,8H,1H3,(H,9,10,11)(H,12,13,14). The highest BCUT2D eigenvalue weighted by molar-refractivity contribution is 7.86. The first kappa shape index (κ1) is 13.7. The molecule has 0 unspecified atom stereocenters. The molecule has 0 fully saturated rings. The highest BCUT2D eigenvalue weighted by atomic mass is 32.2. The van der Waals surface area contributed by atoms with Gasteiger partial charge in [0.2, 0.25) is 0 Å². The van der Waals surface area contributed by atoms with Gasteiger partial charge < -0.3 is 9.84 Å². The van der Waals surface area contributed by atoms with Crippen LogP contribution in [0.5, 0.6) is 11.5 Å². The molecule has 0 aromatic heterocycles. The second kappa shape index (κ2) is 4.14. The van der Waals surface area contributed by atoms with E-state index in [0.717, 1.165) is 7.11 Å². The number of hydrogen-bond donors (Lipinski definition) is 3. The van der Waals surface area contributed by atoms with Gasteiger partial charge in [-0.3, -0.25) is 9.11 Å². The Balaban J connectivity index is 3.74. The van der Waals surface area contributed by atoms with Gasteiger partial charge in [-0.1, -0.05) is 0 Å². The molecule has 0 heterocycles. The van der Waals surface area contributed by atoms with Gasteiger partial charge >= 0.3 is 0 Å². The fourth-order valence-corrected chi connectivity index (χ4v) is 2.28. The van der Waals surface area contributed by atoms with Crippen molar-refractivity contribution in [2.24, 2.45) is 0 Å². The Morgan fingerprint density at radius 2 is 1.59 bits per heavy atom. The van der Waals surface area contributed by atoms with Gasteiger partial charge in [0.05, 0.1) is 12.0 Å². The second-order valence-corrected chi connectivity index (χ2v) is 5.73. The Morgan fingerprint density at radius 1 is 1.06 bits per heavy atom. The van der Waals surface area contributed by atoms with Crippen LogP contribution in [0.15, 0.2) is 21.9 Å². The van der Waals surface area contributed by atoms with E-state index in [-0.39, 0.29) is 0 Å². The van der Waals surface area contributed by atoms with Gasteiger partial charge in [0.25, 0.3) is 20.2 Å². The van der Waals surface area contributed by atoms with Crippen molar-refractivity contribution in [1.29, 1.82) is 0 Å². The largest absolute Gasteiger partial charge is 0.503 e. The number of aromatic hydroxyl groups is 1. The summed E-state index contributed by atoms with van der Waals surface area (Å²) in [5, 5.41) is 9.37. The first-order valence-corrected chi connectivity index (χ1v) is 6.81. The zero-order chi connectivity index (χ0) is 13.4. The molecule has 0 aliphatic carbocycles. The van der Waals surface area contributed by atoms with Gasteiger partial charge in [0.15, 0.2) is 11.5 Å². The van der Waals surface area contributed by atoms with Crippen LogP contribution in [0.3, 0.4) is 0 Å². The van der Waals surface area contributed by atoms with E-state index < -0.39 is 41.5 Å². The maximum Gasteiger partial charge on any atom is 0.298 e. The molecule has 0 amide bonds. The maximum atomic E-state index is 10.9. The molecule has 0 spiro atoms. The van der Waals surface area contributed by atoms with Gasteiger partial charge in [-0.25, -0.2) is 0 Å². The van der Waals surface area contributed by atoms with Crippen molar-refractivity contribution in [2.45, 2.75) is 9.79 Å². The molecular weight excluding hydrogens is 276 g/mol. The highest BCUT2D eigenvalue weighted by Gasteiger charge is 2.24. The summed E-state index contributed by atoms with van der Waals surface area (Å²) in [4.78, 5) is -1.91. The van der Waals surface area contributed by atoms with E-state index in [2.05, 4.69) is 4.74 Å². The van der Waals surface area contributed by atoms with Crippen LogP contribution in [0.25, 0.3) is 0 Å². The molecule has 1 aromatic rings. The number of hydrogen-bond acceptors (Lipinski definition) is 6. The summed E-state index contributed by atoms with van der Waals surface area (Å²) in [6.07, 6.45) is 0. The van der Waals surface area contributed by atoms with E-state index in [4.69, 9.17) is 9.11 Å². The van der Waals surface area contributed by atoms with Gasteiger partial charge in [-0.05, 0) is 6.07 Å². The minimum atomic E-state index is -4.85. The van der Waals surface area contributed by atoms with Gasteiger partial charge in [0, 0.05) is 6.07 Å². The van der Waals surface area contributed by atoms with E-state index in [9.17, 15) is 21.9 Å². The van der Waals surface area contributed by atoms with Crippen molar-refractivity contribution >= 4 is 20.2 Å². The third kappa shape index (κ3) is 2.85. The Morgan fingerprint density at radius 3 is 1.94 bits per heavy atom. The summed E-state index contributed by atoms with van der Waals surface area (Å²) in [6, 6.07) is 1.11. The Hall–Kier alpha value is -1.36. The molecule has 10 heteroatoms. The summed E-state index contributed by atoms with van der Waals surface area (Å²) in [7, 11) is -8.52. The third-order valence-corrected chi connectivity index (χ3v) is 3.51. The number of phenols is 1. The van der Waals surface area contributed by atoms with Crippen LogP contribution in [-0.2, 0) is 20.2 Å². The molecule has 0 saturated carbocycles. The molecule has 0 saturated heterocycles. The highest BCUT2D eigenvalue weighted by Crippen LogP contribution is 2.35. The van der Waals surface area contributed by atoms with Crippen LogP contribution in [0, 0.1) is 0 Å². The Bertz CT molecular complexity index is 643. The zero-order valence-electron chi connectivity index (χ0n) is 8.35. The van der Waals surface area contributed by atoms with E-state index in [0.29, 0.717) is 12.1 Å². The molecule has 3 N–H and O–H groups in total. The number of rotatable bonds is 3. The smallest absolute Gasteiger partial charge is 0.298 e. The van der Waals surface area contributed by atoms with Crippen LogP contribution < -0.4 is 4.74 Å². The summed E-state index contributed by atoms with van der Waals surface area (Å²) in [5.41, 5.74) is 0. The van der Waals surface area contributed by atoms with Crippen molar-refractivity contribution < 1.29 is 35.8 Å². The van der Waals surface area contributed by atoms with Crippen LogP contribution in [0.2, 0.25) is 0 Å². The van der Waals surface area contributed by atoms with E-state index in [1.165, 1.54) is 0 Å². The second-order valence-electron chi connectivity index (χ2n) is 2.92. The Labute approximate surface area is 97.0 Å². The normalized spacial score (nSPS) is 12.4. The third-order valence-electron chi connectivity index (χ3n) is 1.81. The number of phenolic OH excluding ortho intramolecular Hbond substituents is 1. The fraction of sp³-hybridized carbons (Fsp3) is 0.143. The molecule has 0 radical (unpaired) electrons. The molecule has 1 rings (SSSR count). The molecular formula is C7H8O8S2. The predicted molar refractivity (Wildman–Crippen MR) is 54.3 cm³/mol. The fourth-order valence-electron chi connectivity index (χ4n) is 1.06. The molecule has 0 aliphatic heterocycles. The summed E-state index contributed by atoms with van der Waals surface area (Å²) < 4.78 is 65.4. The first-order chi connectivity index (χ1) is 7.57. The molecule has 0 atom stereocenters. The van der Waals surface area contributed by atoms with E-state index in [1.807, 2.05) is 0 Å². The van der Waals surface area contributed by atoms with Crippen LogP contribution >= 0.6 is 0 Å². The lowest BCUT2D eigenvalue weighted by molar-refractivity contribution is 0.362. The number of methoxy groups -OCH3 is 1. The number of benzene rings is 1. The molecule has 0 aliphatic rings. The van der Waals surface area contributed by atoms with Crippen molar-refractivity contribution in [3.8, 4) is 11.5 Å². The van der Waals surface area contributed by atoms with Crippen LogP contribution in [0.4, 0.5) is 0 Å². The van der Waals surface area contributed by atoms with Crippen LogP contribution in [0.1, 0.15) is 0 Å². The lowest BCUT2D eigenvalue weighted by Gasteiger charge is -2.08. The van der Waals surface area contributed by atoms with Gasteiger partial charge in [-0.15, -0.1) is 0 Å². The molecule has 17 heavy (non-hydrogen) atoms. The molecule has 8 nitrogen and oxygen atoms in total. The topological polar surface area (TPSA) is 138 Å². The van der Waals surface area contributed by atoms with Crippen molar-refractivity contribution in [2.75, 3.05) is 7.11 Å². The molecule has 96 valence electrons. The van der Waals surface area contributed by atoms with Crippen LogP contribution in [-0.4, -0.2) is 38.2 Å². The van der Waals surface area contributed by atoms with Crippen molar-refractivity contribution in [1.82, 2.24) is 0 Å².